The van der Waals surface area contributed by atoms with Gasteiger partial charge in [0.15, 0.2) is 0 Å². The molecule has 0 aliphatic carbocycles. The smallest absolute Gasteiger partial charge is 0.269 e. The van der Waals surface area contributed by atoms with E-state index in [0.717, 1.165) is 11.3 Å². The van der Waals surface area contributed by atoms with Crippen molar-refractivity contribution >= 4 is 5.91 Å². The Kier molecular flexibility index (Phi) is 3.44. The molecule has 104 valence electrons. The Hall–Kier alpha value is -2.99. The fourth-order valence-electron chi connectivity index (χ4n) is 2.05. The van der Waals surface area contributed by atoms with Crippen LogP contribution in [0.4, 0.5) is 0 Å². The number of nitrogens with one attached hydrogen (secondary N) is 1. The molecule has 0 saturated heterocycles. The minimum Gasteiger partial charge on any atom is -0.290 e. The molecule has 3 rings (SSSR count). The van der Waals surface area contributed by atoms with Crippen LogP contribution in [-0.4, -0.2) is 20.7 Å². The zero-order valence-corrected chi connectivity index (χ0v) is 11.1. The van der Waals surface area contributed by atoms with Gasteiger partial charge in [0.25, 0.3) is 5.91 Å². The van der Waals surface area contributed by atoms with Gasteiger partial charge in [0.1, 0.15) is 5.69 Å². The summed E-state index contributed by atoms with van der Waals surface area (Å²) in [5.41, 5.74) is 4.69. The van der Waals surface area contributed by atoms with Crippen molar-refractivity contribution in [1.82, 2.24) is 20.2 Å². The summed E-state index contributed by atoms with van der Waals surface area (Å²) in [6.45, 7) is 0. The van der Waals surface area contributed by atoms with Crippen molar-refractivity contribution in [3.63, 3.8) is 0 Å². The number of nitrogens with zero attached hydrogens (tertiary/aromatic N) is 3. The number of pyridine rings is 1. The Labute approximate surface area is 121 Å². The van der Waals surface area contributed by atoms with Crippen molar-refractivity contribution < 1.29 is 4.79 Å². The first kappa shape index (κ1) is 13.0. The van der Waals surface area contributed by atoms with Crippen LogP contribution in [0.2, 0.25) is 0 Å². The summed E-state index contributed by atoms with van der Waals surface area (Å²) in [7, 11) is 0. The maximum Gasteiger partial charge on any atom is 0.269 e. The first-order chi connectivity index (χ1) is 10.3. The fraction of sp³-hybridized carbons (Fsp3) is 0. The molecule has 2 aromatic heterocycles. The minimum absolute atomic E-state index is 0.393. The van der Waals surface area contributed by atoms with Crippen LogP contribution in [0.15, 0.2) is 61.1 Å². The van der Waals surface area contributed by atoms with Crippen LogP contribution >= 0.6 is 0 Å². The van der Waals surface area contributed by atoms with Crippen LogP contribution < -0.4 is 11.3 Å². The minimum atomic E-state index is -0.393. The van der Waals surface area contributed by atoms with E-state index in [2.05, 4.69) is 15.5 Å². The van der Waals surface area contributed by atoms with Crippen LogP contribution in [0.3, 0.4) is 0 Å². The maximum atomic E-state index is 11.9. The van der Waals surface area contributed by atoms with Crippen LogP contribution in [0.1, 0.15) is 10.4 Å². The lowest BCUT2D eigenvalue weighted by atomic mass is 10.1. The summed E-state index contributed by atoms with van der Waals surface area (Å²) in [4.78, 5) is 16.0. The van der Waals surface area contributed by atoms with Crippen LogP contribution in [-0.2, 0) is 0 Å². The van der Waals surface area contributed by atoms with Crippen molar-refractivity contribution in [2.45, 2.75) is 0 Å². The summed E-state index contributed by atoms with van der Waals surface area (Å²) in [5, 5.41) is 4.48. The Morgan fingerprint density at radius 1 is 1.14 bits per heavy atom. The molecule has 0 fully saturated rings. The highest BCUT2D eigenvalue weighted by Crippen LogP contribution is 2.22. The lowest BCUT2D eigenvalue weighted by molar-refractivity contribution is 0.0954. The third-order valence-electron chi connectivity index (χ3n) is 3.05. The predicted octanol–water partition coefficient (Wildman–Crippen LogP) is 1.54. The third-order valence-corrected chi connectivity index (χ3v) is 3.05. The van der Waals surface area contributed by atoms with Gasteiger partial charge in [-0.2, -0.15) is 5.10 Å². The number of hydrogen-bond acceptors (Lipinski definition) is 4. The summed E-state index contributed by atoms with van der Waals surface area (Å²) in [6, 6.07) is 13.2. The van der Waals surface area contributed by atoms with Crippen LogP contribution in [0.5, 0.6) is 0 Å². The third kappa shape index (κ3) is 2.52. The quantitative estimate of drug-likeness (QED) is 0.432. The van der Waals surface area contributed by atoms with Crippen molar-refractivity contribution in [3.8, 4) is 16.9 Å². The van der Waals surface area contributed by atoms with Gasteiger partial charge in [-0.25, -0.2) is 10.5 Å². The molecule has 0 aliphatic heterocycles. The average molecular weight is 279 g/mol. The van der Waals surface area contributed by atoms with Gasteiger partial charge in [0, 0.05) is 24.2 Å². The standard InChI is InChI=1S/C15H13N5O/c16-18-15(21)13-10-20(12-6-2-1-3-7-12)19-14(13)11-5-4-8-17-9-11/h1-10H,16H2,(H,18,21). The highest BCUT2D eigenvalue weighted by molar-refractivity contribution is 5.99. The molecule has 0 spiro atoms. The lowest BCUT2D eigenvalue weighted by Gasteiger charge is -2.00. The highest BCUT2D eigenvalue weighted by Gasteiger charge is 2.17. The Balaban J connectivity index is 2.14. The molecule has 1 aromatic carbocycles. The monoisotopic (exact) mass is 279 g/mol. The number of nitrogen functional groups attached to an aromatic ring is 1. The van der Waals surface area contributed by atoms with Gasteiger partial charge >= 0.3 is 0 Å². The van der Waals surface area contributed by atoms with Gasteiger partial charge in [-0.1, -0.05) is 18.2 Å². The van der Waals surface area contributed by atoms with E-state index in [4.69, 9.17) is 5.84 Å². The molecule has 3 aromatic rings. The molecule has 0 saturated carbocycles. The summed E-state index contributed by atoms with van der Waals surface area (Å²) < 4.78 is 1.65. The van der Waals surface area contributed by atoms with Crippen molar-refractivity contribution in [1.29, 1.82) is 0 Å². The molecule has 21 heavy (non-hydrogen) atoms. The van der Waals surface area contributed by atoms with Gasteiger partial charge in [0.05, 0.1) is 11.3 Å². The molecule has 6 heteroatoms. The van der Waals surface area contributed by atoms with E-state index in [9.17, 15) is 4.79 Å². The van der Waals surface area contributed by atoms with Gasteiger partial charge in [-0.3, -0.25) is 15.2 Å². The number of hydrazine groups is 1. The molecule has 0 aliphatic rings. The van der Waals surface area contributed by atoms with Crippen molar-refractivity contribution in [2.75, 3.05) is 0 Å². The van der Waals surface area contributed by atoms with Crippen molar-refractivity contribution in [2.24, 2.45) is 5.84 Å². The molecule has 1 amide bonds. The summed E-state index contributed by atoms with van der Waals surface area (Å²) >= 11 is 0. The summed E-state index contributed by atoms with van der Waals surface area (Å²) in [6.07, 6.45) is 4.98. The highest BCUT2D eigenvalue weighted by atomic mass is 16.2. The Morgan fingerprint density at radius 3 is 2.62 bits per heavy atom. The van der Waals surface area contributed by atoms with E-state index in [1.807, 2.05) is 36.4 Å². The largest absolute Gasteiger partial charge is 0.290 e. The topological polar surface area (TPSA) is 85.8 Å². The molecular formula is C15H13N5O. The van der Waals surface area contributed by atoms with E-state index in [1.165, 1.54) is 0 Å². The van der Waals surface area contributed by atoms with Gasteiger partial charge in [-0.05, 0) is 24.3 Å². The second kappa shape index (κ2) is 5.56. The van der Waals surface area contributed by atoms with Gasteiger partial charge in [-0.15, -0.1) is 0 Å². The molecule has 3 N–H and O–H groups in total. The number of carbonyl (C=O) groups excluding carboxylic acids is 1. The molecule has 0 radical (unpaired) electrons. The van der Waals surface area contributed by atoms with Gasteiger partial charge in [0.2, 0.25) is 0 Å². The van der Waals surface area contributed by atoms with Crippen LogP contribution in [0.25, 0.3) is 16.9 Å². The number of aromatic nitrogens is 3. The SMILES string of the molecule is NNC(=O)c1cn(-c2ccccc2)nc1-c1cccnc1. The molecule has 0 unspecified atom stereocenters. The number of carbonyl (C=O) groups is 1. The zero-order valence-electron chi connectivity index (χ0n) is 11.1. The second-order valence-corrected chi connectivity index (χ2v) is 4.39. The lowest BCUT2D eigenvalue weighted by Crippen LogP contribution is -2.30. The molecule has 0 bridgehead atoms. The predicted molar refractivity (Wildman–Crippen MR) is 78.4 cm³/mol. The maximum absolute atomic E-state index is 11.9. The van der Waals surface area contributed by atoms with E-state index in [0.29, 0.717) is 11.3 Å². The Morgan fingerprint density at radius 2 is 1.95 bits per heavy atom. The van der Waals surface area contributed by atoms with E-state index in [-0.39, 0.29) is 0 Å². The normalized spacial score (nSPS) is 10.3. The fourth-order valence-corrected chi connectivity index (χ4v) is 2.05. The molecule has 6 nitrogen and oxygen atoms in total. The molecule has 0 atom stereocenters. The molecular weight excluding hydrogens is 266 g/mol. The first-order valence-electron chi connectivity index (χ1n) is 6.36. The number of hydrogen-bond donors (Lipinski definition) is 2. The van der Waals surface area contributed by atoms with Crippen molar-refractivity contribution in [3.05, 3.63) is 66.6 Å². The summed E-state index contributed by atoms with van der Waals surface area (Å²) in [5.74, 6) is 4.85. The second-order valence-electron chi connectivity index (χ2n) is 4.39. The van der Waals surface area contributed by atoms with E-state index in [1.54, 1.807) is 29.3 Å². The average Bonchev–Trinajstić information content (AvgIpc) is 3.01. The molecule has 2 heterocycles. The number of amides is 1. The Bertz CT molecular complexity index is 752. The van der Waals surface area contributed by atoms with Crippen LogP contribution in [0, 0.1) is 0 Å². The number of rotatable bonds is 3. The number of nitrogens with two attached hydrogens (primary N) is 1. The van der Waals surface area contributed by atoms with Gasteiger partial charge < -0.3 is 0 Å². The number of benzene rings is 1. The zero-order chi connectivity index (χ0) is 14.7. The van der Waals surface area contributed by atoms with E-state index < -0.39 is 5.91 Å². The first-order valence-corrected chi connectivity index (χ1v) is 6.36. The number of para-hydroxylation sites is 1. The van der Waals surface area contributed by atoms with E-state index >= 15 is 0 Å².